The number of Topliss-reactive ketones (excluding diaryl/α,β-unsaturated/α-hetero) is 1. The van der Waals surface area contributed by atoms with Crippen LogP contribution in [-0.2, 0) is 14.3 Å². The number of aliphatic hydroxyl groups excluding tert-OH is 1. The Hall–Kier alpha value is -1.03. The molecule has 68 valence electrons. The van der Waals surface area contributed by atoms with Gasteiger partial charge in [-0.2, -0.15) is 0 Å². The van der Waals surface area contributed by atoms with Gasteiger partial charge in [0.15, 0.2) is 11.9 Å². The first-order valence-electron chi connectivity index (χ1n) is 3.94. The summed E-state index contributed by atoms with van der Waals surface area (Å²) in [6.45, 7) is 4.39. The zero-order valence-corrected chi connectivity index (χ0v) is 7.16. The van der Waals surface area contributed by atoms with E-state index in [2.05, 4.69) is 0 Å². The van der Waals surface area contributed by atoms with Crippen molar-refractivity contribution in [2.75, 3.05) is 13.2 Å². The molecule has 1 rings (SSSR count). The summed E-state index contributed by atoms with van der Waals surface area (Å²) in [4.78, 5) is 10.9. The van der Waals surface area contributed by atoms with E-state index in [1.54, 1.807) is 13.8 Å². The van der Waals surface area contributed by atoms with Crippen LogP contribution in [0.2, 0.25) is 0 Å². The van der Waals surface area contributed by atoms with Gasteiger partial charge in [-0.25, -0.2) is 0 Å². The van der Waals surface area contributed by atoms with E-state index >= 15 is 0 Å². The van der Waals surface area contributed by atoms with E-state index in [9.17, 15) is 4.79 Å². The summed E-state index contributed by atoms with van der Waals surface area (Å²) in [5, 5.41) is 9.09. The number of rotatable bonds is 4. The minimum absolute atomic E-state index is 0.173. The third kappa shape index (κ3) is 1.30. The minimum Gasteiger partial charge on any atom is -0.491 e. The third-order valence-corrected chi connectivity index (χ3v) is 1.53. The molecule has 0 aliphatic heterocycles. The molecule has 12 heavy (non-hydrogen) atoms. The standard InChI is InChI=1S/C8H12O4/c1-3-11-7-5(9)6(10)8(7)12-4-2/h5,9H,3-4H2,1-2H3. The highest BCUT2D eigenvalue weighted by atomic mass is 16.5. The molecule has 0 radical (unpaired) electrons. The maximum absolute atomic E-state index is 10.9. The molecule has 0 saturated carbocycles. The van der Waals surface area contributed by atoms with Crippen molar-refractivity contribution in [3.8, 4) is 0 Å². The van der Waals surface area contributed by atoms with Crippen LogP contribution in [0.1, 0.15) is 13.8 Å². The first-order valence-corrected chi connectivity index (χ1v) is 3.94. The van der Waals surface area contributed by atoms with Gasteiger partial charge in [0.1, 0.15) is 0 Å². The van der Waals surface area contributed by atoms with Crippen LogP contribution >= 0.6 is 0 Å². The van der Waals surface area contributed by atoms with Gasteiger partial charge in [0.25, 0.3) is 0 Å². The molecule has 1 unspecified atom stereocenters. The number of hydrogen-bond donors (Lipinski definition) is 1. The predicted molar refractivity (Wildman–Crippen MR) is 41.3 cm³/mol. The summed E-state index contributed by atoms with van der Waals surface area (Å²) >= 11 is 0. The molecule has 1 atom stereocenters. The van der Waals surface area contributed by atoms with Crippen molar-refractivity contribution >= 4 is 5.78 Å². The highest BCUT2D eigenvalue weighted by Crippen LogP contribution is 2.26. The fraction of sp³-hybridized carbons (Fsp3) is 0.625. The van der Waals surface area contributed by atoms with Gasteiger partial charge < -0.3 is 14.6 Å². The van der Waals surface area contributed by atoms with E-state index in [-0.39, 0.29) is 17.3 Å². The largest absolute Gasteiger partial charge is 0.491 e. The van der Waals surface area contributed by atoms with Crippen molar-refractivity contribution in [2.45, 2.75) is 20.0 Å². The average molecular weight is 172 g/mol. The summed E-state index contributed by atoms with van der Waals surface area (Å²) in [5.74, 6) is 0.0523. The van der Waals surface area contributed by atoms with Gasteiger partial charge in [0.05, 0.1) is 13.2 Å². The van der Waals surface area contributed by atoms with E-state index in [0.717, 1.165) is 0 Å². The summed E-state index contributed by atoms with van der Waals surface area (Å²) < 4.78 is 9.98. The van der Waals surface area contributed by atoms with E-state index < -0.39 is 6.10 Å². The number of aliphatic hydroxyl groups is 1. The Morgan fingerprint density at radius 1 is 1.33 bits per heavy atom. The first-order chi connectivity index (χ1) is 5.72. The lowest BCUT2D eigenvalue weighted by atomic mass is 10.00. The molecule has 0 aromatic carbocycles. The Bertz CT molecular complexity index is 219. The normalized spacial score (nSPS) is 22.2. The fourth-order valence-corrected chi connectivity index (χ4v) is 0.998. The second kappa shape index (κ2) is 3.58. The van der Waals surface area contributed by atoms with Crippen molar-refractivity contribution < 1.29 is 19.4 Å². The van der Waals surface area contributed by atoms with Crippen LogP contribution in [0.3, 0.4) is 0 Å². The summed E-state index contributed by atoms with van der Waals surface area (Å²) in [7, 11) is 0. The minimum atomic E-state index is -1.11. The Morgan fingerprint density at radius 2 is 1.92 bits per heavy atom. The Kier molecular flexibility index (Phi) is 2.70. The predicted octanol–water partition coefficient (Wildman–Crippen LogP) is 0.215. The molecule has 0 fully saturated rings. The summed E-state index contributed by atoms with van der Waals surface area (Å²) in [6, 6.07) is 0. The lowest BCUT2D eigenvalue weighted by Gasteiger charge is -2.26. The maximum atomic E-state index is 10.9. The van der Waals surface area contributed by atoms with Gasteiger partial charge in [-0.1, -0.05) is 0 Å². The summed E-state index contributed by atoms with van der Waals surface area (Å²) in [5.41, 5.74) is 0. The molecule has 4 nitrogen and oxygen atoms in total. The smallest absolute Gasteiger partial charge is 0.237 e. The van der Waals surface area contributed by atoms with Crippen LogP contribution in [-0.4, -0.2) is 30.2 Å². The third-order valence-electron chi connectivity index (χ3n) is 1.53. The maximum Gasteiger partial charge on any atom is 0.237 e. The molecule has 0 saturated heterocycles. The lowest BCUT2D eigenvalue weighted by molar-refractivity contribution is -0.133. The highest BCUT2D eigenvalue weighted by molar-refractivity contribution is 6.06. The van der Waals surface area contributed by atoms with Crippen molar-refractivity contribution in [1.82, 2.24) is 0 Å². The molecule has 4 heteroatoms. The van der Waals surface area contributed by atoms with Crippen LogP contribution < -0.4 is 0 Å². The first kappa shape index (κ1) is 9.06. The number of carbonyl (C=O) groups is 1. The van der Waals surface area contributed by atoms with E-state index in [4.69, 9.17) is 14.6 Å². The Morgan fingerprint density at radius 3 is 2.42 bits per heavy atom. The molecule has 0 spiro atoms. The second-order valence-corrected chi connectivity index (χ2v) is 2.33. The van der Waals surface area contributed by atoms with E-state index in [0.29, 0.717) is 13.2 Å². The highest BCUT2D eigenvalue weighted by Gasteiger charge is 2.41. The SMILES string of the molecule is CCOC1=C(OCC)C(O)C1=O. The van der Waals surface area contributed by atoms with Crippen LogP contribution in [0, 0.1) is 0 Å². The Balaban J connectivity index is 2.69. The molecule has 1 aliphatic carbocycles. The molecule has 0 aromatic heterocycles. The molecule has 1 aliphatic rings. The Labute approximate surface area is 70.8 Å². The van der Waals surface area contributed by atoms with Crippen molar-refractivity contribution in [3.63, 3.8) is 0 Å². The zero-order chi connectivity index (χ0) is 9.14. The molecule has 0 aromatic rings. The lowest BCUT2D eigenvalue weighted by Crippen LogP contribution is -2.38. The van der Waals surface area contributed by atoms with Crippen LogP contribution in [0.15, 0.2) is 11.5 Å². The quantitative estimate of drug-likeness (QED) is 0.658. The van der Waals surface area contributed by atoms with Gasteiger partial charge in [-0.05, 0) is 13.8 Å². The van der Waals surface area contributed by atoms with Crippen LogP contribution in [0.4, 0.5) is 0 Å². The number of carbonyl (C=O) groups excluding carboxylic acids is 1. The molecular formula is C8H12O4. The zero-order valence-electron chi connectivity index (χ0n) is 7.16. The number of ether oxygens (including phenoxy) is 2. The topological polar surface area (TPSA) is 55.8 Å². The van der Waals surface area contributed by atoms with Crippen LogP contribution in [0.5, 0.6) is 0 Å². The average Bonchev–Trinajstić information content (AvgIpc) is 2.10. The molecule has 0 amide bonds. The van der Waals surface area contributed by atoms with Gasteiger partial charge in [0.2, 0.25) is 11.5 Å². The van der Waals surface area contributed by atoms with Gasteiger partial charge in [-0.3, -0.25) is 4.79 Å². The number of ketones is 1. The molecule has 1 N–H and O–H groups in total. The van der Waals surface area contributed by atoms with E-state index in [1.807, 2.05) is 0 Å². The fourth-order valence-electron chi connectivity index (χ4n) is 0.998. The van der Waals surface area contributed by atoms with Crippen molar-refractivity contribution in [3.05, 3.63) is 11.5 Å². The van der Waals surface area contributed by atoms with Gasteiger partial charge in [0, 0.05) is 0 Å². The summed E-state index contributed by atoms with van der Waals surface area (Å²) in [6.07, 6.45) is -1.11. The second-order valence-electron chi connectivity index (χ2n) is 2.33. The molecular weight excluding hydrogens is 160 g/mol. The molecule has 0 bridgehead atoms. The van der Waals surface area contributed by atoms with Gasteiger partial charge in [-0.15, -0.1) is 0 Å². The number of hydrogen-bond acceptors (Lipinski definition) is 4. The van der Waals surface area contributed by atoms with E-state index in [1.165, 1.54) is 0 Å². The monoisotopic (exact) mass is 172 g/mol. The van der Waals surface area contributed by atoms with Crippen molar-refractivity contribution in [2.24, 2.45) is 0 Å². The molecule has 0 heterocycles. The van der Waals surface area contributed by atoms with Gasteiger partial charge >= 0.3 is 0 Å². The van der Waals surface area contributed by atoms with Crippen molar-refractivity contribution in [1.29, 1.82) is 0 Å². The van der Waals surface area contributed by atoms with Crippen LogP contribution in [0.25, 0.3) is 0 Å².